The van der Waals surface area contributed by atoms with Crippen molar-refractivity contribution < 1.29 is 24.2 Å². The lowest BCUT2D eigenvalue weighted by Crippen LogP contribution is -2.12. The zero-order chi connectivity index (χ0) is 15.1. The van der Waals surface area contributed by atoms with Crippen LogP contribution in [0.1, 0.15) is 5.56 Å². The largest absolute Gasteiger partial charge is 0.493 e. The predicted molar refractivity (Wildman–Crippen MR) is 68.9 cm³/mol. The SMILES string of the molecule is COc1cc(/C=C(\C#N)C(N)=O)ccc1OCC(=O)O. The van der Waals surface area contributed by atoms with Gasteiger partial charge in [-0.3, -0.25) is 4.79 Å². The Labute approximate surface area is 114 Å². The molecule has 7 nitrogen and oxygen atoms in total. The first-order valence-corrected chi connectivity index (χ1v) is 5.42. The minimum atomic E-state index is -1.11. The van der Waals surface area contributed by atoms with Crippen molar-refractivity contribution in [2.45, 2.75) is 0 Å². The molecule has 0 fully saturated rings. The van der Waals surface area contributed by atoms with E-state index in [4.69, 9.17) is 25.6 Å². The first kappa shape index (κ1) is 15.0. The number of ether oxygens (including phenoxy) is 2. The summed E-state index contributed by atoms with van der Waals surface area (Å²) in [5, 5.41) is 17.3. The van der Waals surface area contributed by atoms with Crippen molar-refractivity contribution >= 4 is 18.0 Å². The number of nitriles is 1. The van der Waals surface area contributed by atoms with Gasteiger partial charge in [0.2, 0.25) is 0 Å². The van der Waals surface area contributed by atoms with E-state index in [0.717, 1.165) is 0 Å². The Morgan fingerprint density at radius 3 is 2.65 bits per heavy atom. The Hall–Kier alpha value is -3.01. The van der Waals surface area contributed by atoms with E-state index in [0.29, 0.717) is 5.56 Å². The van der Waals surface area contributed by atoms with Gasteiger partial charge >= 0.3 is 5.97 Å². The summed E-state index contributed by atoms with van der Waals surface area (Å²) < 4.78 is 10.1. The van der Waals surface area contributed by atoms with Crippen molar-refractivity contribution in [3.63, 3.8) is 0 Å². The molecule has 0 radical (unpaired) electrons. The molecule has 0 aromatic heterocycles. The van der Waals surface area contributed by atoms with E-state index in [-0.39, 0.29) is 17.1 Å². The van der Waals surface area contributed by atoms with E-state index < -0.39 is 18.5 Å². The van der Waals surface area contributed by atoms with Crippen LogP contribution < -0.4 is 15.2 Å². The summed E-state index contributed by atoms with van der Waals surface area (Å²) >= 11 is 0. The number of carbonyl (C=O) groups excluding carboxylic acids is 1. The predicted octanol–water partition coefficient (Wildman–Crippen LogP) is 0.551. The summed E-state index contributed by atoms with van der Waals surface area (Å²) in [5.41, 5.74) is 5.32. The van der Waals surface area contributed by atoms with Crippen LogP contribution >= 0.6 is 0 Å². The van der Waals surface area contributed by atoms with Crippen LogP contribution in [0.2, 0.25) is 0 Å². The molecule has 1 rings (SSSR count). The van der Waals surface area contributed by atoms with Crippen LogP contribution in [0.15, 0.2) is 23.8 Å². The Balaban J connectivity index is 3.07. The maximum absolute atomic E-state index is 10.9. The molecule has 0 aliphatic heterocycles. The molecular weight excluding hydrogens is 264 g/mol. The van der Waals surface area contributed by atoms with Gasteiger partial charge in [-0.1, -0.05) is 6.07 Å². The maximum Gasteiger partial charge on any atom is 0.341 e. The summed E-state index contributed by atoms with van der Waals surface area (Å²) in [7, 11) is 1.38. The second-order valence-corrected chi connectivity index (χ2v) is 3.63. The number of aliphatic carboxylic acids is 1. The van der Waals surface area contributed by atoms with Gasteiger partial charge in [-0.25, -0.2) is 4.79 Å². The highest BCUT2D eigenvalue weighted by atomic mass is 16.5. The molecule has 0 bridgehead atoms. The fourth-order valence-corrected chi connectivity index (χ4v) is 1.36. The zero-order valence-corrected chi connectivity index (χ0v) is 10.6. The summed E-state index contributed by atoms with van der Waals surface area (Å²) in [6.45, 7) is -0.504. The molecule has 1 aromatic carbocycles. The molecule has 0 heterocycles. The van der Waals surface area contributed by atoms with Crippen molar-refractivity contribution in [2.24, 2.45) is 5.73 Å². The lowest BCUT2D eigenvalue weighted by atomic mass is 10.1. The Morgan fingerprint density at radius 2 is 2.15 bits per heavy atom. The van der Waals surface area contributed by atoms with Crippen molar-refractivity contribution in [3.8, 4) is 17.6 Å². The maximum atomic E-state index is 10.9. The number of hydrogen-bond acceptors (Lipinski definition) is 5. The molecule has 0 spiro atoms. The highest BCUT2D eigenvalue weighted by Crippen LogP contribution is 2.28. The second kappa shape index (κ2) is 6.80. The number of primary amides is 1. The van der Waals surface area contributed by atoms with Crippen LogP contribution in [0.4, 0.5) is 0 Å². The van der Waals surface area contributed by atoms with Crippen LogP contribution in [0.3, 0.4) is 0 Å². The van der Waals surface area contributed by atoms with Crippen molar-refractivity contribution in [1.82, 2.24) is 0 Å². The van der Waals surface area contributed by atoms with Crippen molar-refractivity contribution in [1.29, 1.82) is 5.26 Å². The third-order valence-corrected chi connectivity index (χ3v) is 2.24. The lowest BCUT2D eigenvalue weighted by Gasteiger charge is -2.09. The molecule has 0 unspecified atom stereocenters. The fraction of sp³-hybridized carbons (Fsp3) is 0.154. The highest BCUT2D eigenvalue weighted by molar-refractivity contribution is 6.00. The monoisotopic (exact) mass is 276 g/mol. The summed E-state index contributed by atoms with van der Waals surface area (Å²) in [6.07, 6.45) is 1.30. The third kappa shape index (κ3) is 4.03. The molecule has 104 valence electrons. The second-order valence-electron chi connectivity index (χ2n) is 3.63. The number of hydrogen-bond donors (Lipinski definition) is 2. The molecular formula is C13H12N2O5. The van der Waals surface area contributed by atoms with Gasteiger partial charge in [0.1, 0.15) is 11.6 Å². The number of rotatable bonds is 6. The number of carboxylic acids is 1. The number of carboxylic acid groups (broad SMARTS) is 1. The molecule has 1 aromatic rings. The van der Waals surface area contributed by atoms with Crippen molar-refractivity contribution in [3.05, 3.63) is 29.3 Å². The van der Waals surface area contributed by atoms with Gasteiger partial charge < -0.3 is 20.3 Å². The van der Waals surface area contributed by atoms with E-state index in [1.165, 1.54) is 25.3 Å². The minimum absolute atomic E-state index is 0.203. The third-order valence-electron chi connectivity index (χ3n) is 2.24. The molecule has 0 aliphatic carbocycles. The number of carbonyl (C=O) groups is 2. The van der Waals surface area contributed by atoms with Gasteiger partial charge in [-0.15, -0.1) is 0 Å². The van der Waals surface area contributed by atoms with E-state index in [1.807, 2.05) is 0 Å². The Bertz CT molecular complexity index is 601. The number of benzene rings is 1. The van der Waals surface area contributed by atoms with Gasteiger partial charge in [0, 0.05) is 0 Å². The lowest BCUT2D eigenvalue weighted by molar-refractivity contribution is -0.139. The molecule has 0 aliphatic rings. The molecule has 1 amide bonds. The van der Waals surface area contributed by atoms with Crippen LogP contribution in [-0.4, -0.2) is 30.7 Å². The Morgan fingerprint density at radius 1 is 1.45 bits per heavy atom. The van der Waals surface area contributed by atoms with Crippen molar-refractivity contribution in [2.75, 3.05) is 13.7 Å². The molecule has 0 atom stereocenters. The van der Waals surface area contributed by atoms with E-state index in [1.54, 1.807) is 12.1 Å². The van der Waals surface area contributed by atoms with Gasteiger partial charge in [-0.05, 0) is 23.8 Å². The number of methoxy groups -OCH3 is 1. The molecule has 0 saturated carbocycles. The molecule has 3 N–H and O–H groups in total. The minimum Gasteiger partial charge on any atom is -0.493 e. The van der Waals surface area contributed by atoms with Crippen LogP contribution in [0.25, 0.3) is 6.08 Å². The average molecular weight is 276 g/mol. The van der Waals surface area contributed by atoms with Gasteiger partial charge in [0.15, 0.2) is 18.1 Å². The number of amides is 1. The topological polar surface area (TPSA) is 123 Å². The normalized spacial score (nSPS) is 10.5. The first-order valence-electron chi connectivity index (χ1n) is 5.42. The summed E-state index contributed by atoms with van der Waals surface area (Å²) in [4.78, 5) is 21.4. The quantitative estimate of drug-likeness (QED) is 0.577. The van der Waals surface area contributed by atoms with Crippen LogP contribution in [0, 0.1) is 11.3 Å². The van der Waals surface area contributed by atoms with Gasteiger partial charge in [0.25, 0.3) is 5.91 Å². The average Bonchev–Trinajstić information content (AvgIpc) is 2.42. The van der Waals surface area contributed by atoms with E-state index in [9.17, 15) is 9.59 Å². The number of nitrogens with two attached hydrogens (primary N) is 1. The fourth-order valence-electron chi connectivity index (χ4n) is 1.36. The number of nitrogens with zero attached hydrogens (tertiary/aromatic N) is 1. The van der Waals surface area contributed by atoms with E-state index >= 15 is 0 Å². The zero-order valence-electron chi connectivity index (χ0n) is 10.6. The smallest absolute Gasteiger partial charge is 0.341 e. The highest BCUT2D eigenvalue weighted by Gasteiger charge is 2.09. The standard InChI is InChI=1S/C13H12N2O5/c1-19-11-5-8(4-9(6-14)13(15)18)2-3-10(11)20-7-12(16)17/h2-5H,7H2,1H3,(H2,15,18)(H,16,17)/b9-4+. The summed E-state index contributed by atoms with van der Waals surface area (Å²) in [5.74, 6) is -1.43. The summed E-state index contributed by atoms with van der Waals surface area (Å²) in [6, 6.07) is 6.19. The van der Waals surface area contributed by atoms with Crippen LogP contribution in [0.5, 0.6) is 11.5 Å². The first-order chi connectivity index (χ1) is 9.47. The Kier molecular flexibility index (Phi) is 5.12. The van der Waals surface area contributed by atoms with Gasteiger partial charge in [0.05, 0.1) is 7.11 Å². The van der Waals surface area contributed by atoms with Gasteiger partial charge in [-0.2, -0.15) is 5.26 Å². The molecule has 7 heteroatoms. The van der Waals surface area contributed by atoms with Crippen LogP contribution in [-0.2, 0) is 9.59 Å². The van der Waals surface area contributed by atoms with E-state index in [2.05, 4.69) is 0 Å². The molecule has 20 heavy (non-hydrogen) atoms. The molecule has 0 saturated heterocycles.